The van der Waals surface area contributed by atoms with Crippen molar-refractivity contribution < 1.29 is 23.7 Å². The van der Waals surface area contributed by atoms with Gasteiger partial charge in [0.1, 0.15) is 0 Å². The third kappa shape index (κ3) is 4.74. The molecule has 6 nitrogen and oxygen atoms in total. The fourth-order valence-electron chi connectivity index (χ4n) is 2.66. The molecule has 0 saturated carbocycles. The average Bonchev–Trinajstić information content (AvgIpc) is 3.15. The Bertz CT molecular complexity index is 866. The van der Waals surface area contributed by atoms with Gasteiger partial charge in [-0.15, -0.1) is 0 Å². The third-order valence-electron chi connectivity index (χ3n) is 4.07. The molecule has 1 aliphatic rings. The van der Waals surface area contributed by atoms with E-state index in [4.69, 9.17) is 18.9 Å². The monoisotopic (exact) mass is 433 g/mol. The minimum atomic E-state index is -0.163. The summed E-state index contributed by atoms with van der Waals surface area (Å²) in [7, 11) is 3.19. The van der Waals surface area contributed by atoms with E-state index in [1.165, 1.54) is 6.08 Å². The van der Waals surface area contributed by atoms with Crippen LogP contribution in [-0.4, -0.2) is 33.5 Å². The van der Waals surface area contributed by atoms with Gasteiger partial charge in [0, 0.05) is 17.1 Å². The van der Waals surface area contributed by atoms with Crippen LogP contribution in [0.1, 0.15) is 11.1 Å². The van der Waals surface area contributed by atoms with Crippen molar-refractivity contribution in [2.45, 2.75) is 6.42 Å². The number of methoxy groups -OCH3 is 2. The van der Waals surface area contributed by atoms with E-state index in [1.807, 2.05) is 30.3 Å². The number of hydrogen-bond acceptors (Lipinski definition) is 5. The summed E-state index contributed by atoms with van der Waals surface area (Å²) in [6, 6.07) is 9.30. The van der Waals surface area contributed by atoms with Gasteiger partial charge in [0.25, 0.3) is 0 Å². The highest BCUT2D eigenvalue weighted by Crippen LogP contribution is 2.34. The Morgan fingerprint density at radius 1 is 1.15 bits per heavy atom. The van der Waals surface area contributed by atoms with Gasteiger partial charge in [-0.05, 0) is 47.9 Å². The summed E-state index contributed by atoms with van der Waals surface area (Å²) in [6.07, 6.45) is 3.90. The van der Waals surface area contributed by atoms with Gasteiger partial charge in [-0.25, -0.2) is 0 Å². The Hall–Kier alpha value is -2.67. The number of hydrogen-bond donors (Lipinski definition) is 1. The third-order valence-corrected chi connectivity index (χ3v) is 4.81. The molecule has 0 fully saturated rings. The minimum Gasteiger partial charge on any atom is -0.493 e. The predicted molar refractivity (Wildman–Crippen MR) is 106 cm³/mol. The summed E-state index contributed by atoms with van der Waals surface area (Å²) in [6.45, 7) is 0.729. The Morgan fingerprint density at radius 2 is 1.89 bits per heavy atom. The fourth-order valence-corrected chi connectivity index (χ4v) is 3.18. The van der Waals surface area contributed by atoms with Crippen molar-refractivity contribution in [1.29, 1.82) is 0 Å². The first-order chi connectivity index (χ1) is 13.1. The molecule has 2 aromatic carbocycles. The molecule has 3 rings (SSSR count). The number of halogens is 1. The maximum absolute atomic E-state index is 12.0. The Labute approximate surface area is 166 Å². The van der Waals surface area contributed by atoms with Gasteiger partial charge in [-0.3, -0.25) is 4.79 Å². The molecule has 0 aliphatic carbocycles. The lowest BCUT2D eigenvalue weighted by Gasteiger charge is -2.12. The second kappa shape index (κ2) is 8.81. The number of nitrogens with one attached hydrogen (secondary N) is 1. The topological polar surface area (TPSA) is 66.0 Å². The van der Waals surface area contributed by atoms with E-state index in [-0.39, 0.29) is 12.7 Å². The summed E-state index contributed by atoms with van der Waals surface area (Å²) < 4.78 is 22.1. The second-order valence-corrected chi connectivity index (χ2v) is 6.64. The smallest absolute Gasteiger partial charge is 0.244 e. The van der Waals surface area contributed by atoms with Crippen LogP contribution in [0.5, 0.6) is 23.0 Å². The summed E-state index contributed by atoms with van der Waals surface area (Å²) >= 11 is 3.52. The van der Waals surface area contributed by atoms with Crippen LogP contribution in [-0.2, 0) is 11.2 Å². The first kappa shape index (κ1) is 19.1. The zero-order valence-corrected chi connectivity index (χ0v) is 16.7. The fraction of sp³-hybridized carbons (Fsp3) is 0.250. The number of rotatable bonds is 7. The van der Waals surface area contributed by atoms with E-state index in [0.717, 1.165) is 21.3 Å². The van der Waals surface area contributed by atoms with Crippen LogP contribution in [0.2, 0.25) is 0 Å². The van der Waals surface area contributed by atoms with E-state index < -0.39 is 0 Å². The first-order valence-corrected chi connectivity index (χ1v) is 9.16. The number of fused-ring (bicyclic) bond motifs is 1. The van der Waals surface area contributed by atoms with Crippen LogP contribution >= 0.6 is 15.9 Å². The van der Waals surface area contributed by atoms with Crippen molar-refractivity contribution in [3.8, 4) is 23.0 Å². The highest BCUT2D eigenvalue weighted by Gasteiger charge is 2.12. The highest BCUT2D eigenvalue weighted by atomic mass is 79.9. The lowest BCUT2D eigenvalue weighted by atomic mass is 10.1. The molecule has 0 aromatic heterocycles. The number of carbonyl (C=O) groups is 1. The number of amides is 1. The van der Waals surface area contributed by atoms with Gasteiger partial charge in [-0.1, -0.05) is 22.0 Å². The van der Waals surface area contributed by atoms with Crippen molar-refractivity contribution in [1.82, 2.24) is 5.32 Å². The summed E-state index contributed by atoms with van der Waals surface area (Å²) in [5.74, 6) is 2.56. The van der Waals surface area contributed by atoms with Crippen LogP contribution in [0.25, 0.3) is 6.08 Å². The van der Waals surface area contributed by atoms with E-state index in [9.17, 15) is 4.79 Å². The Balaban J connectivity index is 1.54. The van der Waals surface area contributed by atoms with Gasteiger partial charge < -0.3 is 24.3 Å². The number of carbonyl (C=O) groups excluding carboxylic acids is 1. The van der Waals surface area contributed by atoms with Crippen LogP contribution in [0.15, 0.2) is 40.9 Å². The molecule has 0 atom stereocenters. The van der Waals surface area contributed by atoms with E-state index in [2.05, 4.69) is 21.2 Å². The molecule has 0 unspecified atom stereocenters. The Kier molecular flexibility index (Phi) is 6.24. The molecule has 1 heterocycles. The van der Waals surface area contributed by atoms with E-state index in [1.54, 1.807) is 20.3 Å². The largest absolute Gasteiger partial charge is 0.493 e. The van der Waals surface area contributed by atoms with E-state index in [0.29, 0.717) is 30.2 Å². The normalized spacial score (nSPS) is 12.3. The molecule has 142 valence electrons. The Morgan fingerprint density at radius 3 is 2.67 bits per heavy atom. The quantitative estimate of drug-likeness (QED) is 0.676. The molecule has 0 spiro atoms. The van der Waals surface area contributed by atoms with E-state index >= 15 is 0 Å². The minimum absolute atomic E-state index is 0.163. The van der Waals surface area contributed by atoms with Crippen LogP contribution < -0.4 is 24.3 Å². The molecule has 7 heteroatoms. The lowest BCUT2D eigenvalue weighted by molar-refractivity contribution is -0.116. The standard InChI is InChI=1S/C20H20BrNO5/c1-24-17-10-14(15(21)11-18(17)25-2)7-8-22-20(23)6-4-13-3-5-16-19(9-13)27-12-26-16/h3-6,9-11H,7-8,12H2,1-2H3,(H,22,23)/b6-4+. The predicted octanol–water partition coefficient (Wildman–Crippen LogP) is 3.57. The molecular weight excluding hydrogens is 414 g/mol. The molecular formula is C20H20BrNO5. The van der Waals surface area contributed by atoms with Gasteiger partial charge in [0.05, 0.1) is 14.2 Å². The molecule has 27 heavy (non-hydrogen) atoms. The number of ether oxygens (including phenoxy) is 4. The van der Waals surface area contributed by atoms with Crippen molar-refractivity contribution in [3.05, 3.63) is 52.0 Å². The maximum atomic E-state index is 12.0. The molecule has 1 aliphatic heterocycles. The lowest BCUT2D eigenvalue weighted by Crippen LogP contribution is -2.23. The molecule has 1 N–H and O–H groups in total. The van der Waals surface area contributed by atoms with Crippen LogP contribution in [0.4, 0.5) is 0 Å². The van der Waals surface area contributed by atoms with Crippen molar-refractivity contribution in [3.63, 3.8) is 0 Å². The van der Waals surface area contributed by atoms with Crippen molar-refractivity contribution in [2.75, 3.05) is 27.6 Å². The zero-order valence-electron chi connectivity index (χ0n) is 15.1. The zero-order chi connectivity index (χ0) is 19.2. The summed E-state index contributed by atoms with van der Waals surface area (Å²) in [4.78, 5) is 12.0. The summed E-state index contributed by atoms with van der Waals surface area (Å²) in [5.41, 5.74) is 1.89. The van der Waals surface area contributed by atoms with Crippen molar-refractivity contribution >= 4 is 27.9 Å². The second-order valence-electron chi connectivity index (χ2n) is 5.79. The molecule has 2 aromatic rings. The SMILES string of the molecule is COc1cc(Br)c(CCNC(=O)/C=C/c2ccc3c(c2)OCO3)cc1OC. The maximum Gasteiger partial charge on any atom is 0.244 e. The van der Waals surface area contributed by atoms with Crippen LogP contribution in [0.3, 0.4) is 0 Å². The number of benzene rings is 2. The highest BCUT2D eigenvalue weighted by molar-refractivity contribution is 9.10. The molecule has 0 saturated heterocycles. The first-order valence-electron chi connectivity index (χ1n) is 8.36. The van der Waals surface area contributed by atoms with Crippen molar-refractivity contribution in [2.24, 2.45) is 0 Å². The van der Waals surface area contributed by atoms with Gasteiger partial charge in [0.15, 0.2) is 23.0 Å². The average molecular weight is 434 g/mol. The summed E-state index contributed by atoms with van der Waals surface area (Å²) in [5, 5.41) is 2.87. The molecule has 0 radical (unpaired) electrons. The van der Waals surface area contributed by atoms with Gasteiger partial charge in [0.2, 0.25) is 12.7 Å². The van der Waals surface area contributed by atoms with Gasteiger partial charge >= 0.3 is 0 Å². The molecule has 0 bridgehead atoms. The van der Waals surface area contributed by atoms with Crippen LogP contribution in [0, 0.1) is 0 Å². The van der Waals surface area contributed by atoms with Gasteiger partial charge in [-0.2, -0.15) is 0 Å². The molecule has 1 amide bonds.